The minimum Gasteiger partial charge on any atom is -0.388 e. The van der Waals surface area contributed by atoms with Crippen LogP contribution < -0.4 is 9.62 Å². The van der Waals surface area contributed by atoms with Crippen LogP contribution in [-0.2, 0) is 10.0 Å². The van der Waals surface area contributed by atoms with Crippen molar-refractivity contribution >= 4 is 33.0 Å². The molecule has 0 spiro atoms. The molecule has 4 nitrogen and oxygen atoms in total. The van der Waals surface area contributed by atoms with Crippen molar-refractivity contribution < 1.29 is 8.42 Å². The van der Waals surface area contributed by atoms with Gasteiger partial charge in [0.05, 0.1) is 10.7 Å². The number of nitrogens with zero attached hydrogens (tertiary/aromatic N) is 1. The molecule has 1 N–H and O–H groups in total. The predicted molar refractivity (Wildman–Crippen MR) is 87.6 cm³/mol. The van der Waals surface area contributed by atoms with E-state index in [9.17, 15) is 8.42 Å². The van der Waals surface area contributed by atoms with Crippen LogP contribution in [0.25, 0.3) is 0 Å². The van der Waals surface area contributed by atoms with Crippen LogP contribution >= 0.6 is 11.6 Å². The number of halogens is 1. The Hall–Kier alpha value is -1.72. The van der Waals surface area contributed by atoms with Gasteiger partial charge in [0.15, 0.2) is 0 Å². The summed E-state index contributed by atoms with van der Waals surface area (Å²) in [5.41, 5.74) is 1.31. The van der Waals surface area contributed by atoms with Crippen molar-refractivity contribution in [1.82, 2.24) is 0 Å². The molecule has 0 aliphatic carbocycles. The summed E-state index contributed by atoms with van der Waals surface area (Å²) in [5.74, 6) is 0. The Morgan fingerprint density at radius 3 is 2.38 bits per heavy atom. The van der Waals surface area contributed by atoms with Gasteiger partial charge in [-0.3, -0.25) is 4.31 Å². The summed E-state index contributed by atoms with van der Waals surface area (Å²) in [6, 6.07) is 13.8. The molecular weight excluding hydrogens is 308 g/mol. The molecule has 21 heavy (non-hydrogen) atoms. The van der Waals surface area contributed by atoms with Crippen LogP contribution in [0.15, 0.2) is 53.4 Å². The zero-order valence-corrected chi connectivity index (χ0v) is 13.4. The lowest BCUT2D eigenvalue weighted by Crippen LogP contribution is -2.31. The average Bonchev–Trinajstić information content (AvgIpc) is 2.49. The maximum atomic E-state index is 12.9. The number of sulfonamides is 1. The Bertz CT molecular complexity index is 718. The van der Waals surface area contributed by atoms with Gasteiger partial charge in [0.1, 0.15) is 4.90 Å². The van der Waals surface area contributed by atoms with Gasteiger partial charge < -0.3 is 5.32 Å². The van der Waals surface area contributed by atoms with Gasteiger partial charge in [0.2, 0.25) is 0 Å². The van der Waals surface area contributed by atoms with Crippen LogP contribution in [0.1, 0.15) is 6.92 Å². The summed E-state index contributed by atoms with van der Waals surface area (Å²) in [6.07, 6.45) is 0. The van der Waals surface area contributed by atoms with E-state index < -0.39 is 10.0 Å². The summed E-state index contributed by atoms with van der Waals surface area (Å²) < 4.78 is 27.1. The molecule has 0 aliphatic heterocycles. The van der Waals surface area contributed by atoms with Crippen LogP contribution in [0.4, 0.5) is 11.4 Å². The van der Waals surface area contributed by atoms with Gasteiger partial charge in [-0.15, -0.1) is 0 Å². The number of nitrogens with one attached hydrogen (secondary N) is 1. The summed E-state index contributed by atoms with van der Waals surface area (Å²) >= 11 is 6.09. The summed E-state index contributed by atoms with van der Waals surface area (Å²) in [7, 11) is -1.98. The Morgan fingerprint density at radius 2 is 1.81 bits per heavy atom. The summed E-state index contributed by atoms with van der Waals surface area (Å²) in [5, 5.41) is 3.13. The number of benzene rings is 2. The van der Waals surface area contributed by atoms with Gasteiger partial charge in [-0.05, 0) is 37.3 Å². The van der Waals surface area contributed by atoms with Gasteiger partial charge >= 0.3 is 0 Å². The third-order valence-electron chi connectivity index (χ3n) is 3.12. The third kappa shape index (κ3) is 3.14. The molecule has 0 radical (unpaired) electrons. The minimum atomic E-state index is -3.71. The molecule has 0 unspecified atom stereocenters. The maximum absolute atomic E-state index is 12.9. The average molecular weight is 325 g/mol. The van der Waals surface area contributed by atoms with Gasteiger partial charge in [-0.1, -0.05) is 29.8 Å². The highest BCUT2D eigenvalue weighted by molar-refractivity contribution is 7.93. The first-order valence-corrected chi connectivity index (χ1v) is 8.37. The van der Waals surface area contributed by atoms with Crippen molar-refractivity contribution in [2.45, 2.75) is 11.8 Å². The van der Waals surface area contributed by atoms with Gasteiger partial charge in [-0.25, -0.2) is 8.42 Å². The van der Waals surface area contributed by atoms with Crippen LogP contribution in [-0.4, -0.2) is 22.0 Å². The fourth-order valence-electron chi connectivity index (χ4n) is 2.06. The van der Waals surface area contributed by atoms with Crippen molar-refractivity contribution in [2.24, 2.45) is 0 Å². The zero-order valence-electron chi connectivity index (χ0n) is 11.9. The number of hydrogen-bond donors (Lipinski definition) is 1. The number of rotatable bonds is 5. The zero-order chi connectivity index (χ0) is 15.5. The molecule has 0 bridgehead atoms. The Labute approximate surface area is 130 Å². The smallest absolute Gasteiger partial charge is 0.265 e. The fourth-order valence-corrected chi connectivity index (χ4v) is 4.04. The van der Waals surface area contributed by atoms with E-state index in [1.165, 1.54) is 4.31 Å². The summed E-state index contributed by atoms with van der Waals surface area (Å²) in [4.78, 5) is 0.0988. The van der Waals surface area contributed by atoms with E-state index in [1.54, 1.807) is 56.4 Å². The van der Waals surface area contributed by atoms with Crippen LogP contribution in [0.5, 0.6) is 0 Å². The molecule has 0 saturated carbocycles. The van der Waals surface area contributed by atoms with Gasteiger partial charge in [-0.2, -0.15) is 0 Å². The first kappa shape index (κ1) is 15.7. The monoisotopic (exact) mass is 324 g/mol. The minimum absolute atomic E-state index is 0.0988. The highest BCUT2D eigenvalue weighted by atomic mass is 35.5. The maximum Gasteiger partial charge on any atom is 0.265 e. The lowest BCUT2D eigenvalue weighted by molar-refractivity contribution is 0.592. The quantitative estimate of drug-likeness (QED) is 0.914. The molecule has 2 rings (SSSR count). The van der Waals surface area contributed by atoms with E-state index in [2.05, 4.69) is 5.32 Å². The molecule has 2 aromatic carbocycles. The highest BCUT2D eigenvalue weighted by Gasteiger charge is 2.26. The molecule has 112 valence electrons. The van der Waals surface area contributed by atoms with Crippen LogP contribution in [0.2, 0.25) is 5.02 Å². The largest absolute Gasteiger partial charge is 0.388 e. The van der Waals surface area contributed by atoms with E-state index in [4.69, 9.17) is 11.6 Å². The van der Waals surface area contributed by atoms with E-state index >= 15 is 0 Å². The van der Waals surface area contributed by atoms with E-state index in [0.717, 1.165) is 0 Å². The lowest BCUT2D eigenvalue weighted by atomic mass is 10.3. The molecule has 2 aromatic rings. The molecule has 0 heterocycles. The normalized spacial score (nSPS) is 11.2. The number of anilines is 2. The first-order valence-electron chi connectivity index (χ1n) is 6.55. The lowest BCUT2D eigenvalue weighted by Gasteiger charge is -2.23. The van der Waals surface area contributed by atoms with Gasteiger partial charge in [0, 0.05) is 19.3 Å². The molecular formula is C15H17ClN2O2S. The van der Waals surface area contributed by atoms with Crippen LogP contribution in [0, 0.1) is 0 Å². The fraction of sp³-hybridized carbons (Fsp3) is 0.200. The second kappa shape index (κ2) is 6.37. The molecule has 0 saturated heterocycles. The van der Waals surface area contributed by atoms with E-state index in [0.29, 0.717) is 17.9 Å². The standard InChI is InChI=1S/C15H17ClN2O2S/c1-3-18(13-7-5-4-6-8-13)21(19,20)15-11-12(17-2)9-10-14(15)16/h4-11,17H,3H2,1-2H3. The molecule has 0 aliphatic rings. The van der Waals surface area contributed by atoms with Crippen molar-refractivity contribution in [3.8, 4) is 0 Å². The van der Waals surface area contributed by atoms with Crippen molar-refractivity contribution in [3.63, 3.8) is 0 Å². The topological polar surface area (TPSA) is 49.4 Å². The number of hydrogen-bond acceptors (Lipinski definition) is 3. The van der Waals surface area contributed by atoms with E-state index in [-0.39, 0.29) is 9.92 Å². The van der Waals surface area contributed by atoms with Crippen molar-refractivity contribution in [1.29, 1.82) is 0 Å². The second-order valence-corrected chi connectivity index (χ2v) is 6.64. The molecule has 0 fully saturated rings. The van der Waals surface area contributed by atoms with Gasteiger partial charge in [0.25, 0.3) is 10.0 Å². The predicted octanol–water partition coefficient (Wildman–Crippen LogP) is 3.60. The first-order chi connectivity index (χ1) is 10.0. The molecule has 0 amide bonds. The number of para-hydroxylation sites is 1. The molecule has 0 aromatic heterocycles. The molecule has 0 atom stereocenters. The second-order valence-electron chi connectivity index (χ2n) is 4.40. The Morgan fingerprint density at radius 1 is 1.14 bits per heavy atom. The van der Waals surface area contributed by atoms with Crippen molar-refractivity contribution in [3.05, 3.63) is 53.6 Å². The molecule has 6 heteroatoms. The highest BCUT2D eigenvalue weighted by Crippen LogP contribution is 2.30. The Balaban J connectivity index is 2.55. The third-order valence-corrected chi connectivity index (χ3v) is 5.50. The van der Waals surface area contributed by atoms with Crippen LogP contribution in [0.3, 0.4) is 0 Å². The van der Waals surface area contributed by atoms with E-state index in [1.807, 2.05) is 6.07 Å². The Kier molecular flexibility index (Phi) is 4.75. The SMILES string of the molecule is CCN(c1ccccc1)S(=O)(=O)c1cc(NC)ccc1Cl. The summed E-state index contributed by atoms with van der Waals surface area (Å²) in [6.45, 7) is 2.12. The van der Waals surface area contributed by atoms with Crippen molar-refractivity contribution in [2.75, 3.05) is 23.2 Å².